The molecule has 0 radical (unpaired) electrons. The van der Waals surface area contributed by atoms with Crippen molar-refractivity contribution in [1.82, 2.24) is 5.32 Å². The smallest absolute Gasteiger partial charge is 0.00652 e. The van der Waals surface area contributed by atoms with Crippen LogP contribution in [-0.4, -0.2) is 13.1 Å². The molecule has 1 heteroatoms. The number of nitrogens with one attached hydrogen (secondary N) is 1. The third-order valence-electron chi connectivity index (χ3n) is 0.986. The summed E-state index contributed by atoms with van der Waals surface area (Å²) in [6.07, 6.45) is 2.80. The quantitative estimate of drug-likeness (QED) is 0.526. The highest BCUT2D eigenvalue weighted by Crippen LogP contribution is 2.16. The molecule has 0 heterocycles. The van der Waals surface area contributed by atoms with Crippen LogP contribution in [0, 0.1) is 0 Å². The summed E-state index contributed by atoms with van der Waals surface area (Å²) in [7, 11) is 2.01. The molecule has 0 aromatic carbocycles. The van der Waals surface area contributed by atoms with E-state index < -0.39 is 0 Å². The average molecular weight is 101 g/mol. The summed E-state index contributed by atoms with van der Waals surface area (Å²) < 4.78 is 0. The summed E-state index contributed by atoms with van der Waals surface area (Å²) in [6.45, 7) is 4.00. The van der Waals surface area contributed by atoms with Crippen LogP contribution in [0.4, 0.5) is 0 Å². The van der Waals surface area contributed by atoms with Crippen molar-refractivity contribution < 1.29 is 0 Å². The van der Waals surface area contributed by atoms with E-state index in [4.69, 9.17) is 0 Å². The van der Waals surface area contributed by atoms with Gasteiger partial charge in [0.05, 0.1) is 0 Å². The Bertz CT molecular complexity index is 31.2. The highest BCUT2D eigenvalue weighted by molar-refractivity contribution is 4.78. The molecule has 0 bridgehead atoms. The predicted molar refractivity (Wildman–Crippen MR) is 33.4 cm³/mol. The van der Waals surface area contributed by atoms with Crippen molar-refractivity contribution >= 4 is 0 Å². The molecule has 1 N–H and O–H groups in total. The average Bonchev–Trinajstić information content (AvgIpc) is 2.52. The summed E-state index contributed by atoms with van der Waals surface area (Å²) >= 11 is 0. The fourth-order valence-electron chi connectivity index (χ4n) is 0.372. The van der Waals surface area contributed by atoms with Gasteiger partial charge in [-0.25, -0.2) is 0 Å². The Morgan fingerprint density at radius 1 is 1.29 bits per heavy atom. The Hall–Kier alpha value is -0.0400. The zero-order chi connectivity index (χ0) is 5.70. The minimum Gasteiger partial charge on any atom is -0.317 e. The van der Waals surface area contributed by atoms with Crippen LogP contribution in [0.5, 0.6) is 0 Å². The van der Waals surface area contributed by atoms with Crippen LogP contribution < -0.4 is 5.32 Å². The van der Waals surface area contributed by atoms with Gasteiger partial charge < -0.3 is 5.32 Å². The third-order valence-corrected chi connectivity index (χ3v) is 0.986. The lowest BCUT2D eigenvalue weighted by molar-refractivity contribution is 0.811. The number of hydrogen-bond donors (Lipinski definition) is 1. The predicted octanol–water partition coefficient (Wildman–Crippen LogP) is 1.39. The van der Waals surface area contributed by atoms with Gasteiger partial charge in [-0.2, -0.15) is 0 Å². The Labute approximate surface area is 46.1 Å². The van der Waals surface area contributed by atoms with Crippen LogP contribution in [0.15, 0.2) is 0 Å². The van der Waals surface area contributed by atoms with Crippen LogP contribution in [0.3, 0.4) is 0 Å². The van der Waals surface area contributed by atoms with Crippen LogP contribution in [0.25, 0.3) is 0 Å². The molecule has 1 aliphatic carbocycles. The standard InChI is InChI=1S/C4H9N.C2H6/c1-5-4-2-3-4;1-2/h4-5H,2-3H2,1H3;1-2H3. The molecular formula is C6H15N. The molecule has 1 aliphatic rings. The zero-order valence-corrected chi connectivity index (χ0v) is 5.49. The first-order chi connectivity index (χ1) is 3.43. The minimum atomic E-state index is 0.884. The molecule has 0 spiro atoms. The maximum Gasteiger partial charge on any atom is 0.00652 e. The third kappa shape index (κ3) is 3.80. The van der Waals surface area contributed by atoms with Gasteiger partial charge in [0.2, 0.25) is 0 Å². The zero-order valence-electron chi connectivity index (χ0n) is 5.49. The van der Waals surface area contributed by atoms with E-state index in [1.165, 1.54) is 12.8 Å². The summed E-state index contributed by atoms with van der Waals surface area (Å²) in [5, 5.41) is 3.14. The van der Waals surface area contributed by atoms with Crippen molar-refractivity contribution in [2.24, 2.45) is 0 Å². The molecule has 0 aromatic rings. The largest absolute Gasteiger partial charge is 0.317 e. The highest BCUT2D eigenvalue weighted by Gasteiger charge is 2.17. The van der Waals surface area contributed by atoms with E-state index in [0.717, 1.165) is 6.04 Å². The Kier molecular flexibility index (Phi) is 4.10. The lowest BCUT2D eigenvalue weighted by Crippen LogP contribution is -2.06. The number of hydrogen-bond acceptors (Lipinski definition) is 1. The van der Waals surface area contributed by atoms with E-state index in [2.05, 4.69) is 5.32 Å². The lowest BCUT2D eigenvalue weighted by Gasteiger charge is -1.80. The fourth-order valence-corrected chi connectivity index (χ4v) is 0.372. The molecule has 1 fully saturated rings. The van der Waals surface area contributed by atoms with Crippen molar-refractivity contribution in [3.05, 3.63) is 0 Å². The first-order valence-electron chi connectivity index (χ1n) is 3.11. The topological polar surface area (TPSA) is 12.0 Å². The molecule has 0 aliphatic heterocycles. The molecule has 1 rings (SSSR count). The van der Waals surface area contributed by atoms with Gasteiger partial charge in [-0.1, -0.05) is 13.8 Å². The molecular weight excluding hydrogens is 86.1 g/mol. The van der Waals surface area contributed by atoms with Crippen LogP contribution in [0.2, 0.25) is 0 Å². The molecule has 1 nitrogen and oxygen atoms in total. The molecule has 0 atom stereocenters. The van der Waals surface area contributed by atoms with E-state index in [9.17, 15) is 0 Å². The summed E-state index contributed by atoms with van der Waals surface area (Å²) in [6, 6.07) is 0.884. The van der Waals surface area contributed by atoms with Crippen LogP contribution in [-0.2, 0) is 0 Å². The summed E-state index contributed by atoms with van der Waals surface area (Å²) in [4.78, 5) is 0. The SMILES string of the molecule is CC.CNC1CC1. The maximum atomic E-state index is 3.14. The van der Waals surface area contributed by atoms with Crippen molar-refractivity contribution in [2.75, 3.05) is 7.05 Å². The normalized spacial score (nSPS) is 17.6. The van der Waals surface area contributed by atoms with Gasteiger partial charge in [-0.05, 0) is 19.9 Å². The Balaban J connectivity index is 0.000000162. The molecule has 7 heavy (non-hydrogen) atoms. The number of rotatable bonds is 1. The van der Waals surface area contributed by atoms with E-state index in [1.807, 2.05) is 20.9 Å². The highest BCUT2D eigenvalue weighted by atomic mass is 14.9. The minimum absolute atomic E-state index is 0.884. The molecule has 0 unspecified atom stereocenters. The van der Waals surface area contributed by atoms with Gasteiger partial charge in [0.15, 0.2) is 0 Å². The second kappa shape index (κ2) is 4.13. The maximum absolute atomic E-state index is 3.14. The summed E-state index contributed by atoms with van der Waals surface area (Å²) in [5.74, 6) is 0. The summed E-state index contributed by atoms with van der Waals surface area (Å²) in [5.41, 5.74) is 0. The molecule has 0 amide bonds. The van der Waals surface area contributed by atoms with E-state index in [-0.39, 0.29) is 0 Å². The van der Waals surface area contributed by atoms with Gasteiger partial charge in [-0.15, -0.1) is 0 Å². The van der Waals surface area contributed by atoms with Crippen LogP contribution in [0.1, 0.15) is 26.7 Å². The van der Waals surface area contributed by atoms with Gasteiger partial charge in [-0.3, -0.25) is 0 Å². The molecule has 0 saturated heterocycles. The van der Waals surface area contributed by atoms with Crippen molar-refractivity contribution in [3.63, 3.8) is 0 Å². The second-order valence-corrected chi connectivity index (χ2v) is 1.56. The van der Waals surface area contributed by atoms with Gasteiger partial charge in [0, 0.05) is 6.04 Å². The first kappa shape index (κ1) is 6.96. The molecule has 1 saturated carbocycles. The fraction of sp³-hybridized carbons (Fsp3) is 1.00. The monoisotopic (exact) mass is 101 g/mol. The Morgan fingerprint density at radius 3 is 1.71 bits per heavy atom. The van der Waals surface area contributed by atoms with E-state index in [0.29, 0.717) is 0 Å². The second-order valence-electron chi connectivity index (χ2n) is 1.56. The Morgan fingerprint density at radius 2 is 1.71 bits per heavy atom. The molecule has 0 aromatic heterocycles. The van der Waals surface area contributed by atoms with Crippen molar-refractivity contribution in [3.8, 4) is 0 Å². The van der Waals surface area contributed by atoms with Gasteiger partial charge in [0.1, 0.15) is 0 Å². The van der Waals surface area contributed by atoms with Gasteiger partial charge in [0.25, 0.3) is 0 Å². The van der Waals surface area contributed by atoms with E-state index in [1.54, 1.807) is 0 Å². The van der Waals surface area contributed by atoms with Gasteiger partial charge >= 0.3 is 0 Å². The van der Waals surface area contributed by atoms with E-state index >= 15 is 0 Å². The lowest BCUT2D eigenvalue weighted by atomic mass is 10.7. The van der Waals surface area contributed by atoms with Crippen molar-refractivity contribution in [1.29, 1.82) is 0 Å². The first-order valence-corrected chi connectivity index (χ1v) is 3.11. The van der Waals surface area contributed by atoms with Crippen molar-refractivity contribution in [2.45, 2.75) is 32.7 Å². The van der Waals surface area contributed by atoms with Crippen LogP contribution >= 0.6 is 0 Å². The molecule has 44 valence electrons.